The smallest absolute Gasteiger partial charge is 0.283 e. The van der Waals surface area contributed by atoms with Crippen LogP contribution in [0, 0.1) is 6.92 Å². The molecule has 1 aromatic heterocycles. The van der Waals surface area contributed by atoms with E-state index >= 15 is 0 Å². The molecule has 4 heteroatoms. The van der Waals surface area contributed by atoms with Gasteiger partial charge in [0.25, 0.3) is 5.56 Å². The summed E-state index contributed by atoms with van der Waals surface area (Å²) in [5, 5.41) is 0.510. The van der Waals surface area contributed by atoms with Crippen LogP contribution in [-0.2, 0) is 7.05 Å². The molecule has 0 spiro atoms. The van der Waals surface area contributed by atoms with Crippen molar-refractivity contribution in [2.75, 3.05) is 0 Å². The highest BCUT2D eigenvalue weighted by atomic mass is 32.2. The molecular formula is C12H12N2OS. The van der Waals surface area contributed by atoms with Crippen LogP contribution in [0.25, 0.3) is 0 Å². The Balaban J connectivity index is 2.34. The minimum atomic E-state index is -0.0611. The molecule has 1 heterocycles. The Morgan fingerprint density at radius 2 is 2.19 bits per heavy atom. The zero-order valence-electron chi connectivity index (χ0n) is 9.18. The third-order valence-electron chi connectivity index (χ3n) is 2.19. The van der Waals surface area contributed by atoms with Crippen LogP contribution in [0.4, 0.5) is 0 Å². The van der Waals surface area contributed by atoms with Gasteiger partial charge in [-0.05, 0) is 19.1 Å². The summed E-state index contributed by atoms with van der Waals surface area (Å²) in [4.78, 5) is 16.9. The molecule has 0 saturated heterocycles. The van der Waals surface area contributed by atoms with Crippen LogP contribution >= 0.6 is 11.8 Å². The van der Waals surface area contributed by atoms with Crippen molar-refractivity contribution < 1.29 is 0 Å². The van der Waals surface area contributed by atoms with Crippen molar-refractivity contribution >= 4 is 11.8 Å². The van der Waals surface area contributed by atoms with E-state index in [9.17, 15) is 4.79 Å². The van der Waals surface area contributed by atoms with Gasteiger partial charge in [-0.3, -0.25) is 4.79 Å². The molecule has 0 aliphatic carbocycles. The Hall–Kier alpha value is -1.55. The first-order chi connectivity index (χ1) is 7.66. The SMILES string of the molecule is Cc1cccc(Sc2nccn(C)c2=O)c1. The van der Waals surface area contributed by atoms with Crippen molar-refractivity contribution in [3.63, 3.8) is 0 Å². The highest BCUT2D eigenvalue weighted by Gasteiger charge is 2.04. The van der Waals surface area contributed by atoms with Crippen LogP contribution in [0.3, 0.4) is 0 Å². The van der Waals surface area contributed by atoms with Crippen molar-refractivity contribution in [2.45, 2.75) is 16.8 Å². The quantitative estimate of drug-likeness (QED) is 0.796. The summed E-state index contributed by atoms with van der Waals surface area (Å²) in [6.45, 7) is 2.03. The van der Waals surface area contributed by atoms with Crippen molar-refractivity contribution in [3.8, 4) is 0 Å². The summed E-state index contributed by atoms with van der Waals surface area (Å²) in [6, 6.07) is 8.02. The van der Waals surface area contributed by atoms with Crippen LogP contribution in [0.5, 0.6) is 0 Å². The second-order valence-electron chi connectivity index (χ2n) is 3.57. The summed E-state index contributed by atoms with van der Waals surface area (Å²) in [6.07, 6.45) is 3.29. The van der Waals surface area contributed by atoms with E-state index < -0.39 is 0 Å². The number of rotatable bonds is 2. The van der Waals surface area contributed by atoms with Crippen LogP contribution in [0.1, 0.15) is 5.56 Å². The number of aromatic nitrogens is 2. The van der Waals surface area contributed by atoms with Gasteiger partial charge in [-0.25, -0.2) is 4.98 Å². The Kier molecular flexibility index (Phi) is 3.10. The van der Waals surface area contributed by atoms with Gasteiger partial charge in [-0.2, -0.15) is 0 Å². The van der Waals surface area contributed by atoms with Crippen LogP contribution in [-0.4, -0.2) is 9.55 Å². The molecule has 0 fully saturated rings. The topological polar surface area (TPSA) is 34.9 Å². The van der Waals surface area contributed by atoms with Crippen molar-refractivity contribution in [3.05, 3.63) is 52.6 Å². The third kappa shape index (κ3) is 2.33. The molecule has 0 atom stereocenters. The summed E-state index contributed by atoms with van der Waals surface area (Å²) >= 11 is 1.40. The fourth-order valence-electron chi connectivity index (χ4n) is 1.34. The molecule has 0 unspecified atom stereocenters. The van der Waals surface area contributed by atoms with E-state index in [0.29, 0.717) is 5.03 Å². The minimum absolute atomic E-state index is 0.0611. The lowest BCUT2D eigenvalue weighted by Crippen LogP contribution is -2.18. The number of hydrogen-bond donors (Lipinski definition) is 0. The van der Waals surface area contributed by atoms with Crippen LogP contribution in [0.2, 0.25) is 0 Å². The number of benzene rings is 1. The van der Waals surface area contributed by atoms with E-state index in [1.807, 2.05) is 31.2 Å². The monoisotopic (exact) mass is 232 g/mol. The second kappa shape index (κ2) is 4.53. The lowest BCUT2D eigenvalue weighted by Gasteiger charge is -2.02. The fraction of sp³-hybridized carbons (Fsp3) is 0.167. The lowest BCUT2D eigenvalue weighted by atomic mass is 10.2. The third-order valence-corrected chi connectivity index (χ3v) is 3.15. The highest BCUT2D eigenvalue weighted by molar-refractivity contribution is 7.99. The van der Waals surface area contributed by atoms with E-state index in [-0.39, 0.29) is 5.56 Å². The van der Waals surface area contributed by atoms with Gasteiger partial charge >= 0.3 is 0 Å². The van der Waals surface area contributed by atoms with E-state index in [1.54, 1.807) is 19.4 Å². The molecule has 3 nitrogen and oxygen atoms in total. The fourth-order valence-corrected chi connectivity index (χ4v) is 2.29. The van der Waals surface area contributed by atoms with Gasteiger partial charge < -0.3 is 4.57 Å². The first kappa shape index (κ1) is 11.0. The minimum Gasteiger partial charge on any atom is -0.315 e. The maximum absolute atomic E-state index is 11.7. The van der Waals surface area contributed by atoms with Gasteiger partial charge in [-0.15, -0.1) is 0 Å². The Bertz CT molecular complexity index is 563. The van der Waals surface area contributed by atoms with Crippen LogP contribution in [0.15, 0.2) is 51.4 Å². The van der Waals surface area contributed by atoms with E-state index in [2.05, 4.69) is 4.98 Å². The number of nitrogens with zero attached hydrogens (tertiary/aromatic N) is 2. The van der Waals surface area contributed by atoms with Gasteiger partial charge in [0.2, 0.25) is 0 Å². The van der Waals surface area contributed by atoms with Crippen molar-refractivity contribution in [2.24, 2.45) is 7.05 Å². The summed E-state index contributed by atoms with van der Waals surface area (Å²) < 4.78 is 1.53. The average Bonchev–Trinajstić information content (AvgIpc) is 2.25. The molecule has 0 N–H and O–H groups in total. The highest BCUT2D eigenvalue weighted by Crippen LogP contribution is 2.23. The van der Waals surface area contributed by atoms with Gasteiger partial charge in [-0.1, -0.05) is 29.5 Å². The predicted molar refractivity (Wildman–Crippen MR) is 64.8 cm³/mol. The molecular weight excluding hydrogens is 220 g/mol. The molecule has 0 aliphatic heterocycles. The maximum Gasteiger partial charge on any atom is 0.283 e. The number of hydrogen-bond acceptors (Lipinski definition) is 3. The second-order valence-corrected chi connectivity index (χ2v) is 4.63. The summed E-state index contributed by atoms with van der Waals surface area (Å²) in [7, 11) is 1.73. The van der Waals surface area contributed by atoms with E-state index in [1.165, 1.54) is 21.9 Å². The maximum atomic E-state index is 11.7. The van der Waals surface area contributed by atoms with Crippen LogP contribution < -0.4 is 5.56 Å². The molecule has 16 heavy (non-hydrogen) atoms. The van der Waals surface area contributed by atoms with Crippen molar-refractivity contribution in [1.82, 2.24) is 9.55 Å². The molecule has 2 aromatic rings. The normalized spacial score (nSPS) is 10.4. The van der Waals surface area contributed by atoms with Gasteiger partial charge in [0.15, 0.2) is 5.03 Å². The predicted octanol–water partition coefficient (Wildman–Crippen LogP) is 2.24. The molecule has 0 amide bonds. The first-order valence-electron chi connectivity index (χ1n) is 4.93. The standard InChI is InChI=1S/C12H12N2OS/c1-9-4-3-5-10(8-9)16-11-12(15)14(2)7-6-13-11/h3-8H,1-2H3. The van der Waals surface area contributed by atoms with Crippen molar-refractivity contribution in [1.29, 1.82) is 0 Å². The Labute approximate surface area is 98.2 Å². The zero-order chi connectivity index (χ0) is 11.5. The zero-order valence-corrected chi connectivity index (χ0v) is 9.99. The molecule has 2 rings (SSSR count). The van der Waals surface area contributed by atoms with Gasteiger partial charge in [0, 0.05) is 24.3 Å². The van der Waals surface area contributed by atoms with E-state index in [0.717, 1.165) is 4.90 Å². The molecule has 0 aliphatic rings. The summed E-state index contributed by atoms with van der Waals surface area (Å²) in [5.74, 6) is 0. The summed E-state index contributed by atoms with van der Waals surface area (Å²) in [5.41, 5.74) is 1.12. The Morgan fingerprint density at radius 1 is 1.38 bits per heavy atom. The van der Waals surface area contributed by atoms with Gasteiger partial charge in [0.05, 0.1) is 0 Å². The average molecular weight is 232 g/mol. The largest absolute Gasteiger partial charge is 0.315 e. The Morgan fingerprint density at radius 3 is 2.94 bits per heavy atom. The molecule has 0 radical (unpaired) electrons. The van der Waals surface area contributed by atoms with E-state index in [4.69, 9.17) is 0 Å². The first-order valence-corrected chi connectivity index (χ1v) is 5.74. The molecule has 1 aromatic carbocycles. The lowest BCUT2D eigenvalue weighted by molar-refractivity contribution is 0.794. The molecule has 0 saturated carbocycles. The van der Waals surface area contributed by atoms with Gasteiger partial charge in [0.1, 0.15) is 0 Å². The number of aryl methyl sites for hydroxylation is 2. The molecule has 0 bridgehead atoms. The molecule has 82 valence electrons.